The molecule has 0 unspecified atom stereocenters. The highest BCUT2D eigenvalue weighted by molar-refractivity contribution is 9.10. The summed E-state index contributed by atoms with van der Waals surface area (Å²) in [6, 6.07) is 7.74. The molecule has 0 radical (unpaired) electrons. The number of anilines is 1. The number of benzene rings is 1. The van der Waals surface area contributed by atoms with Crippen LogP contribution in [0.5, 0.6) is 5.75 Å². The van der Waals surface area contributed by atoms with Crippen LogP contribution in [0.25, 0.3) is 0 Å². The van der Waals surface area contributed by atoms with Crippen molar-refractivity contribution in [3.05, 3.63) is 40.6 Å². The fourth-order valence-electron chi connectivity index (χ4n) is 2.03. The van der Waals surface area contributed by atoms with Gasteiger partial charge in [0.15, 0.2) is 5.11 Å². The van der Waals surface area contributed by atoms with Crippen LogP contribution in [-0.4, -0.2) is 28.0 Å². The van der Waals surface area contributed by atoms with Gasteiger partial charge in [-0.25, -0.2) is 0 Å². The van der Waals surface area contributed by atoms with Crippen LogP contribution in [0.2, 0.25) is 0 Å². The predicted molar refractivity (Wildman–Crippen MR) is 101 cm³/mol. The first kappa shape index (κ1) is 17.7. The van der Waals surface area contributed by atoms with E-state index < -0.39 is 0 Å². The van der Waals surface area contributed by atoms with Gasteiger partial charge in [-0.3, -0.25) is 4.68 Å². The summed E-state index contributed by atoms with van der Waals surface area (Å²) in [5.74, 6) is 0.859. The molecule has 7 heteroatoms. The van der Waals surface area contributed by atoms with Crippen LogP contribution >= 0.6 is 28.1 Å². The van der Waals surface area contributed by atoms with E-state index in [2.05, 4.69) is 31.7 Å². The van der Waals surface area contributed by atoms with E-state index in [1.165, 1.54) is 0 Å². The third-order valence-electron chi connectivity index (χ3n) is 3.16. The number of hydrogen-bond donors (Lipinski definition) is 2. The lowest BCUT2D eigenvalue weighted by Gasteiger charge is -2.11. The summed E-state index contributed by atoms with van der Waals surface area (Å²) >= 11 is 8.75. The molecule has 2 N–H and O–H groups in total. The second-order valence-electron chi connectivity index (χ2n) is 5.02. The molecule has 0 atom stereocenters. The minimum atomic E-state index is 0.618. The van der Waals surface area contributed by atoms with Crippen molar-refractivity contribution in [2.45, 2.75) is 26.8 Å². The lowest BCUT2D eigenvalue weighted by Crippen LogP contribution is -2.29. The monoisotopic (exact) mass is 396 g/mol. The zero-order valence-corrected chi connectivity index (χ0v) is 15.7. The molecule has 0 spiro atoms. The van der Waals surface area contributed by atoms with Gasteiger partial charge < -0.3 is 15.4 Å². The first-order valence-electron chi connectivity index (χ1n) is 7.55. The number of rotatable bonds is 7. The molecule has 0 fully saturated rings. The van der Waals surface area contributed by atoms with Crippen LogP contribution in [-0.2, 0) is 6.54 Å². The summed E-state index contributed by atoms with van der Waals surface area (Å²) in [6.45, 7) is 6.26. The summed E-state index contributed by atoms with van der Waals surface area (Å²) in [7, 11) is 0. The molecule has 1 aromatic heterocycles. The molecule has 23 heavy (non-hydrogen) atoms. The summed E-state index contributed by atoms with van der Waals surface area (Å²) < 4.78 is 8.38. The molecular weight excluding hydrogens is 376 g/mol. The Morgan fingerprint density at radius 3 is 2.70 bits per heavy atom. The summed E-state index contributed by atoms with van der Waals surface area (Å²) in [5.41, 5.74) is 1.95. The number of nitrogens with one attached hydrogen (secondary N) is 2. The number of aromatic nitrogens is 2. The van der Waals surface area contributed by atoms with Crippen LogP contribution in [0.1, 0.15) is 19.0 Å². The van der Waals surface area contributed by atoms with E-state index in [-0.39, 0.29) is 0 Å². The number of halogens is 1. The number of hydrogen-bond acceptors (Lipinski definition) is 3. The van der Waals surface area contributed by atoms with Gasteiger partial charge in [-0.05, 0) is 72.7 Å². The maximum absolute atomic E-state index is 5.41. The molecule has 0 aliphatic rings. The molecule has 5 nitrogen and oxygen atoms in total. The fraction of sp³-hybridized carbons (Fsp3) is 0.375. The van der Waals surface area contributed by atoms with E-state index in [1.54, 1.807) is 0 Å². The minimum absolute atomic E-state index is 0.618. The number of thiocarbonyl (C=S) groups is 1. The summed E-state index contributed by atoms with van der Waals surface area (Å²) in [5, 5.41) is 11.4. The maximum atomic E-state index is 5.41. The third-order valence-corrected chi connectivity index (χ3v) is 4.18. The van der Waals surface area contributed by atoms with Gasteiger partial charge in [0, 0.05) is 25.0 Å². The van der Waals surface area contributed by atoms with Gasteiger partial charge in [-0.15, -0.1) is 0 Å². The van der Waals surface area contributed by atoms with Gasteiger partial charge >= 0.3 is 0 Å². The fourth-order valence-corrected chi connectivity index (χ4v) is 2.56. The Morgan fingerprint density at radius 1 is 1.35 bits per heavy atom. The molecule has 0 aliphatic heterocycles. The molecule has 1 aromatic carbocycles. The second-order valence-corrected chi connectivity index (χ2v) is 6.28. The topological polar surface area (TPSA) is 51.1 Å². The Kier molecular flexibility index (Phi) is 6.85. The van der Waals surface area contributed by atoms with E-state index in [9.17, 15) is 0 Å². The van der Waals surface area contributed by atoms with Gasteiger partial charge in [0.1, 0.15) is 5.75 Å². The lowest BCUT2D eigenvalue weighted by molar-refractivity contribution is 0.340. The molecule has 0 amide bonds. The molecule has 2 rings (SSSR count). The highest BCUT2D eigenvalue weighted by atomic mass is 79.9. The van der Waals surface area contributed by atoms with E-state index in [0.29, 0.717) is 11.7 Å². The summed E-state index contributed by atoms with van der Waals surface area (Å²) in [6.07, 6.45) is 2.94. The molecular formula is C16H21BrN4OS. The zero-order valence-electron chi connectivity index (χ0n) is 13.3. The quantitative estimate of drug-likeness (QED) is 0.551. The molecule has 0 bridgehead atoms. The van der Waals surface area contributed by atoms with E-state index in [0.717, 1.165) is 41.1 Å². The predicted octanol–water partition coefficient (Wildman–Crippen LogP) is 3.73. The standard InChI is InChI=1S/C16H21BrN4OS/c1-3-22-14-7-5-13(6-8-14)19-16(23)18-9-4-10-21-11-15(17)12(2)20-21/h5-8,11H,3-4,9-10H2,1-2H3,(H2,18,19,23). The Morgan fingerprint density at radius 2 is 2.09 bits per heavy atom. The molecule has 0 aliphatic carbocycles. The van der Waals surface area contributed by atoms with Crippen LogP contribution < -0.4 is 15.4 Å². The number of aryl methyl sites for hydroxylation is 2. The van der Waals surface area contributed by atoms with Crippen molar-refractivity contribution in [1.82, 2.24) is 15.1 Å². The van der Waals surface area contributed by atoms with Crippen LogP contribution in [0.15, 0.2) is 34.9 Å². The van der Waals surface area contributed by atoms with E-state index in [4.69, 9.17) is 17.0 Å². The van der Waals surface area contributed by atoms with E-state index in [1.807, 2.05) is 49.0 Å². The highest BCUT2D eigenvalue weighted by Gasteiger charge is 2.02. The second kappa shape index (κ2) is 8.88. The lowest BCUT2D eigenvalue weighted by atomic mass is 10.3. The van der Waals surface area contributed by atoms with Crippen molar-refractivity contribution in [1.29, 1.82) is 0 Å². The third kappa shape index (κ3) is 5.84. The molecule has 2 aromatic rings. The Balaban J connectivity index is 1.68. The molecule has 1 heterocycles. The Hall–Kier alpha value is -1.60. The first-order valence-corrected chi connectivity index (χ1v) is 8.76. The minimum Gasteiger partial charge on any atom is -0.494 e. The average molecular weight is 397 g/mol. The average Bonchev–Trinajstić information content (AvgIpc) is 2.84. The maximum Gasteiger partial charge on any atom is 0.170 e. The highest BCUT2D eigenvalue weighted by Crippen LogP contribution is 2.15. The Labute approximate surface area is 150 Å². The van der Waals surface area contributed by atoms with Gasteiger partial charge in [-0.2, -0.15) is 5.10 Å². The Bertz CT molecular complexity index is 623. The van der Waals surface area contributed by atoms with Crippen molar-refractivity contribution in [2.75, 3.05) is 18.5 Å². The van der Waals surface area contributed by atoms with Crippen LogP contribution in [0, 0.1) is 6.92 Å². The van der Waals surface area contributed by atoms with Crippen molar-refractivity contribution in [2.24, 2.45) is 0 Å². The van der Waals surface area contributed by atoms with Crippen LogP contribution in [0.3, 0.4) is 0 Å². The first-order chi connectivity index (χ1) is 11.1. The number of nitrogens with zero attached hydrogens (tertiary/aromatic N) is 2. The normalized spacial score (nSPS) is 10.4. The van der Waals surface area contributed by atoms with E-state index >= 15 is 0 Å². The van der Waals surface area contributed by atoms with Gasteiger partial charge in [0.2, 0.25) is 0 Å². The van der Waals surface area contributed by atoms with Crippen molar-refractivity contribution >= 4 is 38.9 Å². The summed E-state index contributed by atoms with van der Waals surface area (Å²) in [4.78, 5) is 0. The molecule has 124 valence electrons. The molecule has 0 saturated heterocycles. The van der Waals surface area contributed by atoms with Gasteiger partial charge in [-0.1, -0.05) is 0 Å². The van der Waals surface area contributed by atoms with Crippen molar-refractivity contribution < 1.29 is 4.74 Å². The van der Waals surface area contributed by atoms with Gasteiger partial charge in [0.25, 0.3) is 0 Å². The smallest absolute Gasteiger partial charge is 0.170 e. The zero-order chi connectivity index (χ0) is 16.7. The number of ether oxygens (including phenoxy) is 1. The molecule has 0 saturated carbocycles. The van der Waals surface area contributed by atoms with Crippen molar-refractivity contribution in [3.63, 3.8) is 0 Å². The van der Waals surface area contributed by atoms with Crippen LogP contribution in [0.4, 0.5) is 5.69 Å². The van der Waals surface area contributed by atoms with Gasteiger partial charge in [0.05, 0.1) is 16.8 Å². The SMILES string of the molecule is CCOc1ccc(NC(=S)NCCCn2cc(Br)c(C)n2)cc1. The van der Waals surface area contributed by atoms with Crippen molar-refractivity contribution in [3.8, 4) is 5.75 Å². The largest absolute Gasteiger partial charge is 0.494 e.